The second-order valence-electron chi connectivity index (χ2n) is 36.4. The van der Waals surface area contributed by atoms with Crippen LogP contribution < -0.4 is 26.2 Å². The number of hydrogen-bond acceptors (Lipinski definition) is 2. The molecule has 6 nitrogen and oxygen atoms in total. The van der Waals surface area contributed by atoms with E-state index in [1.807, 2.05) is 0 Å². The molecule has 0 saturated carbocycles. The summed E-state index contributed by atoms with van der Waals surface area (Å²) in [6, 6.07) is 143. The van der Waals surface area contributed by atoms with Crippen LogP contribution in [0.5, 0.6) is 0 Å². The molecule has 0 amide bonds. The Hall–Kier alpha value is -14.4. The summed E-state index contributed by atoms with van der Waals surface area (Å²) < 4.78 is 10.1. The molecule has 121 heavy (non-hydrogen) atoms. The Labute approximate surface area is 706 Å². The maximum atomic E-state index is 2.76. The van der Waals surface area contributed by atoms with Crippen LogP contribution in [0.1, 0.15) is 79.0 Å². The van der Waals surface area contributed by atoms with E-state index < -0.39 is 0 Å². The van der Waals surface area contributed by atoms with Crippen molar-refractivity contribution >= 4 is 144 Å². The maximum Gasteiger partial charge on any atom is 0.252 e. The first-order chi connectivity index (χ1) is 59.0. The zero-order chi connectivity index (χ0) is 81.5. The molecule has 0 N–H and O–H groups in total. The summed E-state index contributed by atoms with van der Waals surface area (Å²) in [5, 5.41) is 9.66. The monoisotopic (exact) mass is 1550 g/mol. The van der Waals surface area contributed by atoms with Crippen molar-refractivity contribution in [2.75, 3.05) is 9.80 Å². The number of fused-ring (bicyclic) bond motifs is 18. The lowest BCUT2D eigenvalue weighted by molar-refractivity contribution is 0.590. The first kappa shape index (κ1) is 71.9. The lowest BCUT2D eigenvalue weighted by atomic mass is 9.33. The van der Waals surface area contributed by atoms with Gasteiger partial charge in [0.2, 0.25) is 0 Å². The van der Waals surface area contributed by atoms with Gasteiger partial charge in [0.05, 0.1) is 55.5 Å². The summed E-state index contributed by atoms with van der Waals surface area (Å²) in [7, 11) is 0. The Morgan fingerprint density at radius 2 is 0.504 bits per heavy atom. The minimum absolute atomic E-state index is 0.231. The van der Waals surface area contributed by atoms with Crippen LogP contribution in [0.3, 0.4) is 0 Å². The molecule has 0 fully saturated rings. The molecule has 7 heteroatoms. The number of benzene rings is 17. The van der Waals surface area contributed by atoms with Gasteiger partial charge >= 0.3 is 0 Å². The van der Waals surface area contributed by atoms with E-state index in [1.54, 1.807) is 0 Å². The topological polar surface area (TPSA) is 26.2 Å². The minimum Gasteiger partial charge on any atom is -0.310 e. The Balaban J connectivity index is 0.901. The molecule has 6 heterocycles. The minimum atomic E-state index is -0.385. The van der Waals surface area contributed by atoms with Gasteiger partial charge in [0, 0.05) is 111 Å². The molecule has 2 aliphatic heterocycles. The van der Waals surface area contributed by atoms with Crippen LogP contribution >= 0.6 is 0 Å². The Morgan fingerprint density at radius 3 is 0.835 bits per heavy atom. The molecule has 0 radical (unpaired) electrons. The average Bonchev–Trinajstić information content (AvgIpc) is 0.937. The average molecular weight is 1550 g/mol. The van der Waals surface area contributed by atoms with E-state index in [0.717, 1.165) is 123 Å². The van der Waals surface area contributed by atoms with Crippen LogP contribution in [0.15, 0.2) is 376 Å². The van der Waals surface area contributed by atoms with Crippen molar-refractivity contribution in [3.8, 4) is 67.3 Å². The highest BCUT2D eigenvalue weighted by atomic mass is 15.2. The highest BCUT2D eigenvalue weighted by Gasteiger charge is 2.47. The highest BCUT2D eigenvalue weighted by molar-refractivity contribution is 7.00. The van der Waals surface area contributed by atoms with E-state index in [4.69, 9.17) is 0 Å². The van der Waals surface area contributed by atoms with Crippen molar-refractivity contribution in [1.29, 1.82) is 0 Å². The maximum absolute atomic E-state index is 2.76. The molecular formula is C114H89BN6. The molecule has 0 bridgehead atoms. The first-order valence-electron chi connectivity index (χ1n) is 42.7. The normalized spacial score (nSPS) is 13.0. The van der Waals surface area contributed by atoms with Crippen LogP contribution in [0.4, 0.5) is 34.1 Å². The van der Waals surface area contributed by atoms with E-state index in [0.29, 0.717) is 0 Å². The summed E-state index contributed by atoms with van der Waals surface area (Å²) in [6.07, 6.45) is 0. The molecule has 2 aliphatic rings. The number of hydrogen-bond donors (Lipinski definition) is 0. The van der Waals surface area contributed by atoms with Crippen LogP contribution in [-0.4, -0.2) is 25.0 Å². The van der Waals surface area contributed by atoms with E-state index in [1.165, 1.54) is 98.2 Å². The van der Waals surface area contributed by atoms with Crippen LogP contribution in [0.25, 0.3) is 154 Å². The smallest absolute Gasteiger partial charge is 0.252 e. The van der Waals surface area contributed by atoms with Crippen molar-refractivity contribution in [2.24, 2.45) is 0 Å². The predicted octanol–water partition coefficient (Wildman–Crippen LogP) is 28.7. The number of nitrogens with zero attached hydrogens (tertiary/aromatic N) is 6. The summed E-state index contributed by atoms with van der Waals surface area (Å²) >= 11 is 0. The van der Waals surface area contributed by atoms with E-state index in [2.05, 4.69) is 466 Å². The molecule has 0 aliphatic carbocycles. The molecule has 578 valence electrons. The molecule has 21 aromatic rings. The first-order valence-corrected chi connectivity index (χ1v) is 42.7. The largest absolute Gasteiger partial charge is 0.310 e. The lowest BCUT2D eigenvalue weighted by Crippen LogP contribution is -2.61. The highest BCUT2D eigenvalue weighted by Crippen LogP contribution is 2.57. The fraction of sp³-hybridized carbons (Fsp3) is 0.105. The van der Waals surface area contributed by atoms with Crippen molar-refractivity contribution in [3.63, 3.8) is 0 Å². The number of para-hydroxylation sites is 6. The van der Waals surface area contributed by atoms with Crippen LogP contribution in [0.2, 0.25) is 0 Å². The summed E-state index contributed by atoms with van der Waals surface area (Å²) in [6.45, 7) is 21.1. The van der Waals surface area contributed by atoms with Gasteiger partial charge in [-0.1, -0.05) is 317 Å². The number of anilines is 6. The van der Waals surface area contributed by atoms with Gasteiger partial charge in [-0.25, -0.2) is 0 Å². The van der Waals surface area contributed by atoms with Crippen LogP contribution in [0, 0.1) is 0 Å². The van der Waals surface area contributed by atoms with Crippen molar-refractivity contribution in [2.45, 2.75) is 78.6 Å². The fourth-order valence-corrected chi connectivity index (χ4v) is 20.4. The molecule has 23 rings (SSSR count). The molecule has 0 saturated heterocycles. The number of rotatable bonds is 10. The predicted molar refractivity (Wildman–Crippen MR) is 516 cm³/mol. The summed E-state index contributed by atoms with van der Waals surface area (Å²) in [5.74, 6) is 0. The Bertz CT molecular complexity index is 7230. The van der Waals surface area contributed by atoms with Gasteiger partial charge in [0.1, 0.15) is 0 Å². The van der Waals surface area contributed by atoms with E-state index in [9.17, 15) is 0 Å². The second-order valence-corrected chi connectivity index (χ2v) is 36.4. The van der Waals surface area contributed by atoms with Crippen LogP contribution in [-0.2, 0) is 16.2 Å². The molecular weight excluding hydrogens is 1460 g/mol. The molecule has 4 aromatic heterocycles. The molecule has 17 aromatic carbocycles. The Morgan fingerprint density at radius 1 is 0.215 bits per heavy atom. The van der Waals surface area contributed by atoms with Crippen molar-refractivity contribution < 1.29 is 0 Å². The zero-order valence-electron chi connectivity index (χ0n) is 69.6. The molecule has 0 spiro atoms. The molecule has 0 atom stereocenters. The van der Waals surface area contributed by atoms with Crippen molar-refractivity contribution in [1.82, 2.24) is 18.3 Å². The van der Waals surface area contributed by atoms with Gasteiger partial charge in [0.15, 0.2) is 0 Å². The third-order valence-electron chi connectivity index (χ3n) is 26.1. The molecule has 0 unspecified atom stereocenters. The van der Waals surface area contributed by atoms with Gasteiger partial charge in [-0.15, -0.1) is 0 Å². The van der Waals surface area contributed by atoms with Gasteiger partial charge < -0.3 is 28.1 Å². The summed E-state index contributed by atoms with van der Waals surface area (Å²) in [5.41, 5.74) is 36.2. The third-order valence-corrected chi connectivity index (χ3v) is 26.1. The van der Waals surface area contributed by atoms with Crippen molar-refractivity contribution in [3.05, 3.63) is 393 Å². The third kappa shape index (κ3) is 11.1. The van der Waals surface area contributed by atoms with Gasteiger partial charge in [-0.3, -0.25) is 0 Å². The zero-order valence-corrected chi connectivity index (χ0v) is 69.6. The standard InChI is InChI=1S/C114H89BN6/c1-112(2,3)76-64-89(72-36-16-10-17-37-72)108(90(65-76)73-38-18-11-19-39-73)120-101-70-81(118-95-52-32-28-48-83(95)85-58-62-99-105(110(85)118)87-50-30-34-54-97(87)116(99)79-44-24-14-25-45-79)56-60-93(101)115-94-61-57-82(119-96-53-33-29-49-84(96)86-59-63-100-106(111(86)119)88-51-31-35-55-98(88)117(100)80-46-26-15-27-47-80)71-102(94)121(104-69-78(114(7,8)9)68-103(120)107(104)115)109-91(74-40-20-12-21-41-74)66-77(113(4,5)6)67-92(109)75-42-22-13-23-43-75/h10-71H,1-9H3. The second kappa shape index (κ2) is 27.1. The van der Waals surface area contributed by atoms with Gasteiger partial charge in [0.25, 0.3) is 6.71 Å². The summed E-state index contributed by atoms with van der Waals surface area (Å²) in [4.78, 5) is 5.52. The van der Waals surface area contributed by atoms with E-state index in [-0.39, 0.29) is 23.0 Å². The lowest BCUT2D eigenvalue weighted by Gasteiger charge is -2.47. The Kier molecular flexibility index (Phi) is 16.1. The van der Waals surface area contributed by atoms with Gasteiger partial charge in [-0.2, -0.15) is 0 Å². The van der Waals surface area contributed by atoms with E-state index >= 15 is 0 Å². The fourth-order valence-electron chi connectivity index (χ4n) is 20.4. The SMILES string of the molecule is CC(C)(C)c1cc(-c2ccccc2)c(N2c3cc(-n4c5ccccc5c5ccc6c(c7ccccc7n6-c6ccccc6)c54)ccc3B3c4ccc(-n5c6ccccc6c6ccc7c(c8ccccc8n7-c7ccccc7)c65)cc4N(c4c(-c5ccccc5)cc(C(C)(C)C)cc4-c4ccccc4)c4cc(C(C)(C)C)cc2c43)c(-c2ccccc2)c1. The number of aromatic nitrogens is 4. The van der Waals surface area contributed by atoms with Gasteiger partial charge in [-0.05, 0) is 193 Å². The quantitative estimate of drug-likeness (QED) is 0.128.